The van der Waals surface area contributed by atoms with Gasteiger partial charge >= 0.3 is 5.97 Å². The van der Waals surface area contributed by atoms with Gasteiger partial charge in [0.2, 0.25) is 5.91 Å². The fourth-order valence-corrected chi connectivity index (χ4v) is 5.06. The summed E-state index contributed by atoms with van der Waals surface area (Å²) in [5.41, 5.74) is -0.0945. The molecule has 0 saturated heterocycles. The van der Waals surface area contributed by atoms with Crippen molar-refractivity contribution < 1.29 is 23.9 Å². The van der Waals surface area contributed by atoms with Gasteiger partial charge in [-0.25, -0.2) is 4.79 Å². The van der Waals surface area contributed by atoms with Crippen molar-refractivity contribution in [3.8, 4) is 5.75 Å². The first-order valence-corrected chi connectivity index (χ1v) is 13.0. The Hall–Kier alpha value is -3.36. The lowest BCUT2D eigenvalue weighted by atomic mass is 9.93. The van der Waals surface area contributed by atoms with E-state index < -0.39 is 11.5 Å². The molecule has 1 aliphatic heterocycles. The van der Waals surface area contributed by atoms with Crippen molar-refractivity contribution in [2.75, 3.05) is 13.2 Å². The Balaban J connectivity index is 1.70. The van der Waals surface area contributed by atoms with E-state index in [0.29, 0.717) is 12.4 Å². The second-order valence-electron chi connectivity index (χ2n) is 9.66. The molecule has 1 N–H and O–H groups in total. The molecule has 1 aromatic carbocycles. The number of nitrogens with zero attached hydrogens (tertiary/aromatic N) is 3. The van der Waals surface area contributed by atoms with Crippen LogP contribution in [0.15, 0.2) is 30.3 Å². The van der Waals surface area contributed by atoms with Crippen LogP contribution >= 0.6 is 0 Å². The second kappa shape index (κ2) is 11.1. The van der Waals surface area contributed by atoms with Crippen LogP contribution in [0.1, 0.15) is 85.8 Å². The standard InChI is InChI=1S/C27H36N4O5/c1-4-35-23-15-11-10-12-19(23)17-30-24(32)22-16-21(25(33)36-5-2)29-31(22)18-27(30,3)26(34)28-20-13-8-6-7-9-14-20/h10-12,15-16,20H,4-9,13-14,17-18H2,1-3H3,(H,28,34). The van der Waals surface area contributed by atoms with Gasteiger partial charge in [-0.2, -0.15) is 5.10 Å². The number of para-hydroxylation sites is 1. The minimum atomic E-state index is -1.21. The van der Waals surface area contributed by atoms with E-state index in [-0.39, 0.29) is 48.9 Å². The van der Waals surface area contributed by atoms with E-state index in [0.717, 1.165) is 31.2 Å². The van der Waals surface area contributed by atoms with Crippen LogP contribution in [0.5, 0.6) is 5.75 Å². The van der Waals surface area contributed by atoms with E-state index in [1.807, 2.05) is 31.2 Å². The van der Waals surface area contributed by atoms with E-state index in [2.05, 4.69) is 10.4 Å². The molecular weight excluding hydrogens is 460 g/mol. The lowest BCUT2D eigenvalue weighted by molar-refractivity contribution is -0.134. The Kier molecular flexibility index (Phi) is 7.96. The molecule has 2 aliphatic rings. The van der Waals surface area contributed by atoms with Gasteiger partial charge in [0.1, 0.15) is 17.0 Å². The Morgan fingerprint density at radius 3 is 2.53 bits per heavy atom. The van der Waals surface area contributed by atoms with E-state index in [9.17, 15) is 14.4 Å². The summed E-state index contributed by atoms with van der Waals surface area (Å²) in [5.74, 6) is -0.500. The molecule has 9 nitrogen and oxygen atoms in total. The maximum absolute atomic E-state index is 13.8. The van der Waals surface area contributed by atoms with E-state index in [4.69, 9.17) is 9.47 Å². The number of rotatable bonds is 8. The van der Waals surface area contributed by atoms with Crippen LogP contribution in [0, 0.1) is 0 Å². The van der Waals surface area contributed by atoms with Gasteiger partial charge in [0.15, 0.2) is 5.69 Å². The van der Waals surface area contributed by atoms with Crippen molar-refractivity contribution in [2.45, 2.75) is 84.0 Å². The summed E-state index contributed by atoms with van der Waals surface area (Å²) < 4.78 is 12.3. The highest BCUT2D eigenvalue weighted by Crippen LogP contribution is 2.32. The van der Waals surface area contributed by atoms with Crippen molar-refractivity contribution >= 4 is 17.8 Å². The summed E-state index contributed by atoms with van der Waals surface area (Å²) in [4.78, 5) is 41.6. The fraction of sp³-hybridized carbons (Fsp3) is 0.556. The van der Waals surface area contributed by atoms with Gasteiger partial charge in [0.25, 0.3) is 5.91 Å². The molecule has 36 heavy (non-hydrogen) atoms. The Morgan fingerprint density at radius 1 is 1.11 bits per heavy atom. The molecule has 2 heterocycles. The van der Waals surface area contributed by atoms with Crippen molar-refractivity contribution in [1.82, 2.24) is 20.0 Å². The molecule has 1 aliphatic carbocycles. The van der Waals surface area contributed by atoms with Gasteiger partial charge in [0, 0.05) is 17.7 Å². The molecule has 1 saturated carbocycles. The normalized spacial score (nSPS) is 20.4. The molecule has 0 spiro atoms. The number of benzene rings is 1. The first-order valence-electron chi connectivity index (χ1n) is 13.0. The van der Waals surface area contributed by atoms with E-state index in [1.165, 1.54) is 23.6 Å². The third-order valence-corrected chi connectivity index (χ3v) is 7.06. The first-order chi connectivity index (χ1) is 17.4. The van der Waals surface area contributed by atoms with Crippen LogP contribution in [0.25, 0.3) is 0 Å². The molecule has 4 rings (SSSR count). The molecule has 194 valence electrons. The van der Waals surface area contributed by atoms with Crippen molar-refractivity contribution in [1.29, 1.82) is 0 Å². The number of carbonyl (C=O) groups is 3. The van der Waals surface area contributed by atoms with Gasteiger partial charge in [-0.15, -0.1) is 0 Å². The summed E-state index contributed by atoms with van der Waals surface area (Å²) in [6, 6.07) is 9.06. The van der Waals surface area contributed by atoms with Crippen LogP contribution in [-0.2, 0) is 22.6 Å². The average molecular weight is 497 g/mol. The molecule has 0 radical (unpaired) electrons. The van der Waals surface area contributed by atoms with Crippen LogP contribution in [-0.4, -0.2) is 57.3 Å². The van der Waals surface area contributed by atoms with Crippen LogP contribution in [0.4, 0.5) is 0 Å². The smallest absolute Gasteiger partial charge is 0.358 e. The largest absolute Gasteiger partial charge is 0.494 e. The van der Waals surface area contributed by atoms with Crippen molar-refractivity contribution in [2.24, 2.45) is 0 Å². The Labute approximate surface area is 212 Å². The minimum absolute atomic E-state index is 0.0586. The van der Waals surface area contributed by atoms with Crippen LogP contribution in [0.3, 0.4) is 0 Å². The predicted molar refractivity (Wildman–Crippen MR) is 134 cm³/mol. The molecular formula is C27H36N4O5. The summed E-state index contributed by atoms with van der Waals surface area (Å²) >= 11 is 0. The maximum Gasteiger partial charge on any atom is 0.358 e. The van der Waals surface area contributed by atoms with Gasteiger partial charge < -0.3 is 19.7 Å². The number of hydrogen-bond acceptors (Lipinski definition) is 6. The average Bonchev–Trinajstić information content (AvgIpc) is 3.12. The quantitative estimate of drug-likeness (QED) is 0.442. The molecule has 9 heteroatoms. The Bertz CT molecular complexity index is 1110. The number of fused-ring (bicyclic) bond motifs is 1. The van der Waals surface area contributed by atoms with Gasteiger partial charge in [-0.05, 0) is 39.7 Å². The molecule has 1 unspecified atom stereocenters. The van der Waals surface area contributed by atoms with Crippen LogP contribution < -0.4 is 10.1 Å². The highest BCUT2D eigenvalue weighted by molar-refractivity contribution is 6.01. The van der Waals surface area contributed by atoms with Crippen LogP contribution in [0.2, 0.25) is 0 Å². The number of amides is 2. The van der Waals surface area contributed by atoms with E-state index in [1.54, 1.807) is 18.7 Å². The number of carbonyl (C=O) groups excluding carboxylic acids is 3. The van der Waals surface area contributed by atoms with Crippen molar-refractivity contribution in [3.63, 3.8) is 0 Å². The number of nitrogens with one attached hydrogen (secondary N) is 1. The van der Waals surface area contributed by atoms with Gasteiger partial charge in [-0.1, -0.05) is 43.9 Å². The molecule has 1 fully saturated rings. The maximum atomic E-state index is 13.8. The molecule has 2 aromatic rings. The zero-order valence-electron chi connectivity index (χ0n) is 21.4. The van der Waals surface area contributed by atoms with Gasteiger partial charge in [0.05, 0.1) is 26.3 Å². The highest BCUT2D eigenvalue weighted by Gasteiger charge is 2.49. The predicted octanol–water partition coefficient (Wildman–Crippen LogP) is 3.71. The van der Waals surface area contributed by atoms with E-state index >= 15 is 0 Å². The minimum Gasteiger partial charge on any atom is -0.494 e. The lowest BCUT2D eigenvalue weighted by Crippen LogP contribution is -2.64. The zero-order chi connectivity index (χ0) is 25.7. The zero-order valence-corrected chi connectivity index (χ0v) is 21.4. The number of ether oxygens (including phenoxy) is 2. The fourth-order valence-electron chi connectivity index (χ4n) is 5.06. The third kappa shape index (κ3) is 5.24. The summed E-state index contributed by atoms with van der Waals surface area (Å²) in [5, 5.41) is 7.57. The molecule has 1 atom stereocenters. The highest BCUT2D eigenvalue weighted by atomic mass is 16.5. The first kappa shape index (κ1) is 25.7. The topological polar surface area (TPSA) is 103 Å². The number of hydrogen-bond donors (Lipinski definition) is 1. The summed E-state index contributed by atoms with van der Waals surface area (Å²) in [6.07, 6.45) is 6.38. The number of aromatic nitrogens is 2. The monoisotopic (exact) mass is 496 g/mol. The third-order valence-electron chi connectivity index (χ3n) is 7.06. The molecule has 0 bridgehead atoms. The molecule has 2 amide bonds. The summed E-state index contributed by atoms with van der Waals surface area (Å²) in [6.45, 7) is 6.40. The van der Waals surface area contributed by atoms with Crippen molar-refractivity contribution in [3.05, 3.63) is 47.3 Å². The SMILES string of the molecule is CCOC(=O)c1cc2n(n1)CC(C)(C(=O)NC1CCCCCC1)N(Cc1ccccc1OCC)C2=O. The second-order valence-corrected chi connectivity index (χ2v) is 9.66. The molecule has 1 aromatic heterocycles. The lowest BCUT2D eigenvalue weighted by Gasteiger charge is -2.44. The van der Waals surface area contributed by atoms with Gasteiger partial charge in [-0.3, -0.25) is 14.3 Å². The number of esters is 1. The summed E-state index contributed by atoms with van der Waals surface area (Å²) in [7, 11) is 0. The Morgan fingerprint density at radius 2 is 1.83 bits per heavy atom.